The number of carbonyl (C=O) groups is 1. The standard InChI is InChI=1S/C18H20N4O2S2/c1-10-4-5-11(2)15-14(10)19-18(25-15)24-13-6-8-22(9-7-13)17(23)16-12(3)20-21-26-16/h4-5,13H,6-9H2,1-3H3. The summed E-state index contributed by atoms with van der Waals surface area (Å²) in [6.45, 7) is 7.37. The summed E-state index contributed by atoms with van der Waals surface area (Å²) in [6.07, 6.45) is 1.72. The summed E-state index contributed by atoms with van der Waals surface area (Å²) in [6, 6.07) is 4.22. The molecule has 26 heavy (non-hydrogen) atoms. The van der Waals surface area contributed by atoms with E-state index >= 15 is 0 Å². The van der Waals surface area contributed by atoms with Gasteiger partial charge in [0, 0.05) is 25.9 Å². The number of hydrogen-bond donors (Lipinski definition) is 0. The molecule has 0 N–H and O–H groups in total. The third-order valence-corrected chi connectivity index (χ3v) is 6.66. The molecule has 3 aromatic rings. The molecule has 2 aromatic heterocycles. The van der Waals surface area contributed by atoms with Gasteiger partial charge in [-0.05, 0) is 43.4 Å². The van der Waals surface area contributed by atoms with Gasteiger partial charge in [0.05, 0.1) is 15.9 Å². The molecule has 0 saturated carbocycles. The Morgan fingerprint density at radius 3 is 2.58 bits per heavy atom. The van der Waals surface area contributed by atoms with Gasteiger partial charge < -0.3 is 9.64 Å². The molecule has 1 fully saturated rings. The van der Waals surface area contributed by atoms with Crippen LogP contribution in [0.3, 0.4) is 0 Å². The molecule has 1 aliphatic rings. The molecule has 1 saturated heterocycles. The van der Waals surface area contributed by atoms with Gasteiger partial charge in [0.1, 0.15) is 11.0 Å². The zero-order valence-electron chi connectivity index (χ0n) is 15.0. The second-order valence-electron chi connectivity index (χ2n) is 6.65. The third-order valence-electron chi connectivity index (χ3n) is 4.77. The van der Waals surface area contributed by atoms with E-state index < -0.39 is 0 Å². The van der Waals surface area contributed by atoms with Crippen molar-refractivity contribution < 1.29 is 9.53 Å². The fraction of sp³-hybridized carbons (Fsp3) is 0.444. The van der Waals surface area contributed by atoms with Crippen LogP contribution in [0.5, 0.6) is 5.19 Å². The summed E-state index contributed by atoms with van der Waals surface area (Å²) in [5.41, 5.74) is 4.14. The van der Waals surface area contributed by atoms with E-state index in [9.17, 15) is 4.79 Å². The second kappa shape index (κ2) is 6.92. The van der Waals surface area contributed by atoms with Gasteiger partial charge in [-0.1, -0.05) is 28.0 Å². The summed E-state index contributed by atoms with van der Waals surface area (Å²) >= 11 is 2.78. The van der Waals surface area contributed by atoms with Crippen LogP contribution in [0, 0.1) is 20.8 Å². The zero-order valence-corrected chi connectivity index (χ0v) is 16.6. The summed E-state index contributed by atoms with van der Waals surface area (Å²) in [4.78, 5) is 19.7. The maximum absolute atomic E-state index is 12.5. The number of ether oxygens (including phenoxy) is 1. The van der Waals surface area contributed by atoms with E-state index in [4.69, 9.17) is 4.74 Å². The first-order valence-corrected chi connectivity index (χ1v) is 10.2. The average molecular weight is 389 g/mol. The number of aromatic nitrogens is 3. The Morgan fingerprint density at radius 1 is 1.19 bits per heavy atom. The number of aryl methyl sites for hydroxylation is 3. The Labute approximate surface area is 160 Å². The van der Waals surface area contributed by atoms with Crippen molar-refractivity contribution in [2.45, 2.75) is 39.7 Å². The Kier molecular flexibility index (Phi) is 4.62. The first-order valence-electron chi connectivity index (χ1n) is 8.64. The highest BCUT2D eigenvalue weighted by Crippen LogP contribution is 2.33. The van der Waals surface area contributed by atoms with E-state index in [1.807, 2.05) is 11.8 Å². The second-order valence-corrected chi connectivity index (χ2v) is 8.37. The van der Waals surface area contributed by atoms with Crippen LogP contribution in [0.15, 0.2) is 12.1 Å². The van der Waals surface area contributed by atoms with Gasteiger partial charge in [-0.2, -0.15) is 0 Å². The molecule has 3 heterocycles. The summed E-state index contributed by atoms with van der Waals surface area (Å²) in [5.74, 6) is 0.0298. The van der Waals surface area contributed by atoms with Crippen molar-refractivity contribution in [2.24, 2.45) is 0 Å². The molecule has 0 spiro atoms. The highest BCUT2D eigenvalue weighted by molar-refractivity contribution is 7.20. The number of nitrogens with zero attached hydrogens (tertiary/aromatic N) is 4. The Hall–Kier alpha value is -2.06. The Bertz CT molecular complexity index is 918. The number of fused-ring (bicyclic) bond motifs is 1. The zero-order chi connectivity index (χ0) is 18.3. The lowest BCUT2D eigenvalue weighted by Gasteiger charge is -2.31. The van der Waals surface area contributed by atoms with Crippen LogP contribution >= 0.6 is 22.9 Å². The summed E-state index contributed by atoms with van der Waals surface area (Å²) in [5, 5.41) is 4.65. The average Bonchev–Trinajstić information content (AvgIpc) is 3.25. The van der Waals surface area contributed by atoms with Crippen LogP contribution in [0.2, 0.25) is 0 Å². The highest BCUT2D eigenvalue weighted by Gasteiger charge is 2.27. The lowest BCUT2D eigenvalue weighted by molar-refractivity contribution is 0.0599. The lowest BCUT2D eigenvalue weighted by atomic mass is 10.1. The van der Waals surface area contributed by atoms with Crippen LogP contribution in [0.1, 0.15) is 39.3 Å². The number of rotatable bonds is 3. The largest absolute Gasteiger partial charge is 0.467 e. The monoisotopic (exact) mass is 388 g/mol. The summed E-state index contributed by atoms with van der Waals surface area (Å²) < 4.78 is 11.2. The SMILES string of the molecule is Cc1nnsc1C(=O)N1CCC(Oc2nc3c(C)ccc(C)c3s2)CC1. The van der Waals surface area contributed by atoms with Gasteiger partial charge in [0.2, 0.25) is 0 Å². The lowest BCUT2D eigenvalue weighted by Crippen LogP contribution is -2.41. The van der Waals surface area contributed by atoms with Gasteiger partial charge in [0.25, 0.3) is 11.1 Å². The van der Waals surface area contributed by atoms with E-state index in [0.717, 1.165) is 23.6 Å². The highest BCUT2D eigenvalue weighted by atomic mass is 32.1. The van der Waals surface area contributed by atoms with Gasteiger partial charge in [-0.3, -0.25) is 4.79 Å². The van der Waals surface area contributed by atoms with E-state index in [-0.39, 0.29) is 12.0 Å². The molecule has 0 atom stereocenters. The molecular formula is C18H20N4O2S2. The van der Waals surface area contributed by atoms with Gasteiger partial charge in [-0.15, -0.1) is 5.10 Å². The molecule has 0 unspecified atom stereocenters. The number of carbonyl (C=O) groups excluding carboxylic acids is 1. The molecule has 0 radical (unpaired) electrons. The van der Waals surface area contributed by atoms with Gasteiger partial charge in [0.15, 0.2) is 0 Å². The quantitative estimate of drug-likeness (QED) is 0.683. The molecule has 4 rings (SSSR count). The minimum atomic E-state index is 0.0298. The molecular weight excluding hydrogens is 368 g/mol. The fourth-order valence-electron chi connectivity index (χ4n) is 3.18. The van der Waals surface area contributed by atoms with Gasteiger partial charge in [-0.25, -0.2) is 4.98 Å². The number of hydrogen-bond acceptors (Lipinski definition) is 7. The van der Waals surface area contributed by atoms with Crippen molar-refractivity contribution >= 4 is 39.0 Å². The summed E-state index contributed by atoms with van der Waals surface area (Å²) in [7, 11) is 0. The Morgan fingerprint density at radius 2 is 1.92 bits per heavy atom. The van der Waals surface area contributed by atoms with Crippen LogP contribution in [0.4, 0.5) is 0 Å². The number of piperidine rings is 1. The molecule has 8 heteroatoms. The van der Waals surface area contributed by atoms with Gasteiger partial charge >= 0.3 is 0 Å². The molecule has 6 nitrogen and oxygen atoms in total. The van der Waals surface area contributed by atoms with Crippen LogP contribution in [0.25, 0.3) is 10.2 Å². The maximum Gasteiger partial charge on any atom is 0.274 e. The van der Waals surface area contributed by atoms with Crippen molar-refractivity contribution in [2.75, 3.05) is 13.1 Å². The van der Waals surface area contributed by atoms with Crippen molar-refractivity contribution in [3.63, 3.8) is 0 Å². The minimum absolute atomic E-state index is 0.0298. The molecule has 136 valence electrons. The topological polar surface area (TPSA) is 68.2 Å². The molecule has 1 amide bonds. The third kappa shape index (κ3) is 3.19. The normalized spacial score (nSPS) is 15.6. The molecule has 1 aliphatic heterocycles. The maximum atomic E-state index is 12.5. The first kappa shape index (κ1) is 17.4. The van der Waals surface area contributed by atoms with E-state index in [2.05, 4.69) is 40.6 Å². The number of thiazole rings is 1. The number of likely N-dealkylation sites (tertiary alicyclic amines) is 1. The van der Waals surface area contributed by atoms with E-state index in [1.165, 1.54) is 27.4 Å². The van der Waals surface area contributed by atoms with Crippen molar-refractivity contribution in [1.82, 2.24) is 19.5 Å². The van der Waals surface area contributed by atoms with Crippen molar-refractivity contribution in [1.29, 1.82) is 0 Å². The molecule has 0 bridgehead atoms. The minimum Gasteiger partial charge on any atom is -0.467 e. The van der Waals surface area contributed by atoms with Crippen molar-refractivity contribution in [3.8, 4) is 5.19 Å². The molecule has 1 aromatic carbocycles. The van der Waals surface area contributed by atoms with Crippen molar-refractivity contribution in [3.05, 3.63) is 33.8 Å². The number of benzene rings is 1. The predicted molar refractivity (Wildman–Crippen MR) is 103 cm³/mol. The van der Waals surface area contributed by atoms with Crippen LogP contribution in [-0.2, 0) is 0 Å². The smallest absolute Gasteiger partial charge is 0.274 e. The van der Waals surface area contributed by atoms with Crippen LogP contribution in [-0.4, -0.2) is 44.6 Å². The number of amides is 1. The Balaban J connectivity index is 1.41. The fourth-order valence-corrected chi connectivity index (χ4v) is 4.83. The predicted octanol–water partition coefficient (Wildman–Crippen LogP) is 3.76. The van der Waals surface area contributed by atoms with Crippen LogP contribution < -0.4 is 4.74 Å². The van der Waals surface area contributed by atoms with E-state index in [1.54, 1.807) is 11.3 Å². The molecule has 0 aliphatic carbocycles. The first-order chi connectivity index (χ1) is 12.5. The van der Waals surface area contributed by atoms with E-state index in [0.29, 0.717) is 23.7 Å².